The van der Waals surface area contributed by atoms with Gasteiger partial charge < -0.3 is 13.9 Å². The van der Waals surface area contributed by atoms with Crippen molar-refractivity contribution in [3.63, 3.8) is 0 Å². The lowest BCUT2D eigenvalue weighted by molar-refractivity contribution is -0.217. The zero-order valence-electron chi connectivity index (χ0n) is 12.4. The Labute approximate surface area is 125 Å². The Morgan fingerprint density at radius 1 is 1.41 bits per heavy atom. The molecule has 0 amide bonds. The number of carbonyl (C=O) groups is 1. The standard InChI is InChI=1S/C14H18F3NO4/c1-9-10(7-11(22-9)12(19)20-2)8-18-13(14(15,16)17)3-5-21-6-4-13/h7,18H,3-6,8H2,1-2H3. The Hall–Kier alpha value is -1.54. The number of aryl methyl sites for hydroxylation is 1. The van der Waals surface area contributed by atoms with Crippen LogP contribution in [0.15, 0.2) is 10.5 Å². The lowest BCUT2D eigenvalue weighted by atomic mass is 9.89. The first-order chi connectivity index (χ1) is 10.3. The summed E-state index contributed by atoms with van der Waals surface area (Å²) in [5, 5.41) is 2.59. The summed E-state index contributed by atoms with van der Waals surface area (Å²) in [5.74, 6) is -0.298. The maximum Gasteiger partial charge on any atom is 0.406 e. The number of nitrogens with one attached hydrogen (secondary N) is 1. The molecule has 22 heavy (non-hydrogen) atoms. The van der Waals surface area contributed by atoms with Crippen LogP contribution in [0.3, 0.4) is 0 Å². The van der Waals surface area contributed by atoms with Crippen molar-refractivity contribution in [3.05, 3.63) is 23.2 Å². The molecular formula is C14H18F3NO4. The van der Waals surface area contributed by atoms with Crippen molar-refractivity contribution in [1.82, 2.24) is 5.32 Å². The molecule has 1 fully saturated rings. The van der Waals surface area contributed by atoms with E-state index in [0.29, 0.717) is 11.3 Å². The van der Waals surface area contributed by atoms with Crippen LogP contribution in [-0.2, 0) is 16.0 Å². The summed E-state index contributed by atoms with van der Waals surface area (Å²) in [7, 11) is 1.21. The molecule has 1 saturated heterocycles. The summed E-state index contributed by atoms with van der Waals surface area (Å²) in [6, 6.07) is 1.40. The van der Waals surface area contributed by atoms with Gasteiger partial charge in [-0.05, 0) is 25.8 Å². The lowest BCUT2D eigenvalue weighted by Crippen LogP contribution is -2.59. The van der Waals surface area contributed by atoms with Crippen molar-refractivity contribution in [2.75, 3.05) is 20.3 Å². The van der Waals surface area contributed by atoms with E-state index in [1.165, 1.54) is 13.2 Å². The predicted molar refractivity (Wildman–Crippen MR) is 70.5 cm³/mol. The van der Waals surface area contributed by atoms with Crippen LogP contribution in [0, 0.1) is 6.92 Å². The Balaban J connectivity index is 2.13. The molecule has 0 radical (unpaired) electrons. The Morgan fingerprint density at radius 3 is 2.59 bits per heavy atom. The number of furan rings is 1. The number of hydrogen-bond acceptors (Lipinski definition) is 5. The molecule has 0 atom stereocenters. The van der Waals surface area contributed by atoms with Crippen LogP contribution in [0.25, 0.3) is 0 Å². The van der Waals surface area contributed by atoms with Crippen LogP contribution in [0.5, 0.6) is 0 Å². The van der Waals surface area contributed by atoms with Crippen molar-refractivity contribution in [3.8, 4) is 0 Å². The molecule has 0 aliphatic carbocycles. The highest BCUT2D eigenvalue weighted by Crippen LogP contribution is 2.38. The monoisotopic (exact) mass is 321 g/mol. The van der Waals surface area contributed by atoms with E-state index in [2.05, 4.69) is 10.1 Å². The Morgan fingerprint density at radius 2 is 2.05 bits per heavy atom. The van der Waals surface area contributed by atoms with E-state index in [-0.39, 0.29) is 38.4 Å². The van der Waals surface area contributed by atoms with Gasteiger partial charge in [-0.2, -0.15) is 13.2 Å². The van der Waals surface area contributed by atoms with Gasteiger partial charge in [0.25, 0.3) is 0 Å². The van der Waals surface area contributed by atoms with E-state index >= 15 is 0 Å². The molecule has 5 nitrogen and oxygen atoms in total. The lowest BCUT2D eigenvalue weighted by Gasteiger charge is -2.39. The number of halogens is 3. The highest BCUT2D eigenvalue weighted by atomic mass is 19.4. The predicted octanol–water partition coefficient (Wildman–Crippen LogP) is 2.58. The van der Waals surface area contributed by atoms with Crippen LogP contribution >= 0.6 is 0 Å². The van der Waals surface area contributed by atoms with E-state index in [1.807, 2.05) is 0 Å². The summed E-state index contributed by atoms with van der Waals surface area (Å²) in [5.41, 5.74) is -1.48. The first kappa shape index (κ1) is 16.8. The van der Waals surface area contributed by atoms with Crippen molar-refractivity contribution in [1.29, 1.82) is 0 Å². The first-order valence-electron chi connectivity index (χ1n) is 6.86. The highest BCUT2D eigenvalue weighted by molar-refractivity contribution is 5.86. The summed E-state index contributed by atoms with van der Waals surface area (Å²) in [6.45, 7) is 1.66. The fraction of sp³-hybridized carbons (Fsp3) is 0.643. The van der Waals surface area contributed by atoms with Gasteiger partial charge in [0.2, 0.25) is 5.76 Å². The number of ether oxygens (including phenoxy) is 2. The molecule has 0 spiro atoms. The minimum Gasteiger partial charge on any atom is -0.463 e. The van der Waals surface area contributed by atoms with Crippen molar-refractivity contribution in [2.45, 2.75) is 38.0 Å². The van der Waals surface area contributed by atoms with Crippen molar-refractivity contribution >= 4 is 5.97 Å². The van der Waals surface area contributed by atoms with Gasteiger partial charge in [0.05, 0.1) is 7.11 Å². The summed E-state index contributed by atoms with van der Waals surface area (Å²) >= 11 is 0. The molecule has 1 aromatic heterocycles. The average Bonchev–Trinajstić information content (AvgIpc) is 2.85. The summed E-state index contributed by atoms with van der Waals surface area (Å²) < 4.78 is 54.9. The number of carbonyl (C=O) groups excluding carboxylic acids is 1. The van der Waals surface area contributed by atoms with E-state index < -0.39 is 17.7 Å². The molecule has 1 aromatic rings. The SMILES string of the molecule is COC(=O)c1cc(CNC2(C(F)(F)F)CCOCC2)c(C)o1. The van der Waals surface area contributed by atoms with Gasteiger partial charge in [-0.25, -0.2) is 4.79 Å². The molecule has 8 heteroatoms. The molecule has 2 heterocycles. The second-order valence-corrected chi connectivity index (χ2v) is 5.23. The smallest absolute Gasteiger partial charge is 0.406 e. The molecular weight excluding hydrogens is 303 g/mol. The second kappa shape index (κ2) is 6.29. The van der Waals surface area contributed by atoms with Gasteiger partial charge in [0.1, 0.15) is 11.3 Å². The van der Waals surface area contributed by atoms with Gasteiger partial charge in [-0.15, -0.1) is 0 Å². The number of esters is 1. The molecule has 0 aromatic carbocycles. The minimum absolute atomic E-state index is 0.0233. The number of alkyl halides is 3. The van der Waals surface area contributed by atoms with E-state index in [9.17, 15) is 18.0 Å². The minimum atomic E-state index is -4.38. The molecule has 1 N–H and O–H groups in total. The van der Waals surface area contributed by atoms with Gasteiger partial charge in [0, 0.05) is 25.3 Å². The van der Waals surface area contributed by atoms with Crippen LogP contribution in [0.2, 0.25) is 0 Å². The van der Waals surface area contributed by atoms with Gasteiger partial charge in [-0.1, -0.05) is 0 Å². The van der Waals surface area contributed by atoms with Crippen molar-refractivity contribution in [2.24, 2.45) is 0 Å². The molecule has 2 rings (SSSR count). The van der Waals surface area contributed by atoms with E-state index in [4.69, 9.17) is 9.15 Å². The van der Waals surface area contributed by atoms with Crippen LogP contribution in [-0.4, -0.2) is 38.0 Å². The van der Waals surface area contributed by atoms with Crippen LogP contribution in [0.1, 0.15) is 34.7 Å². The molecule has 0 saturated carbocycles. The fourth-order valence-corrected chi connectivity index (χ4v) is 2.44. The number of hydrogen-bond donors (Lipinski definition) is 1. The zero-order chi connectivity index (χ0) is 16.4. The van der Waals surface area contributed by atoms with Gasteiger partial charge in [0.15, 0.2) is 0 Å². The zero-order valence-corrected chi connectivity index (χ0v) is 12.4. The van der Waals surface area contributed by atoms with Crippen molar-refractivity contribution < 1.29 is 31.9 Å². The summed E-state index contributed by atoms with van der Waals surface area (Å²) in [6.07, 6.45) is -4.66. The topological polar surface area (TPSA) is 60.7 Å². The van der Waals surface area contributed by atoms with Gasteiger partial charge in [-0.3, -0.25) is 5.32 Å². The third-order valence-corrected chi connectivity index (χ3v) is 3.91. The highest BCUT2D eigenvalue weighted by Gasteiger charge is 2.54. The average molecular weight is 321 g/mol. The van der Waals surface area contributed by atoms with Crippen LogP contribution < -0.4 is 5.32 Å². The van der Waals surface area contributed by atoms with E-state index in [0.717, 1.165) is 0 Å². The maximum absolute atomic E-state index is 13.4. The molecule has 124 valence electrons. The van der Waals surface area contributed by atoms with Crippen LogP contribution in [0.4, 0.5) is 13.2 Å². The maximum atomic E-state index is 13.4. The molecule has 1 aliphatic rings. The normalized spacial score (nSPS) is 18.2. The Kier molecular flexibility index (Phi) is 4.81. The third-order valence-electron chi connectivity index (χ3n) is 3.91. The molecule has 0 bridgehead atoms. The fourth-order valence-electron chi connectivity index (χ4n) is 2.44. The first-order valence-corrected chi connectivity index (χ1v) is 6.86. The number of rotatable bonds is 4. The Bertz CT molecular complexity index is 533. The molecule has 0 unspecified atom stereocenters. The second-order valence-electron chi connectivity index (χ2n) is 5.23. The largest absolute Gasteiger partial charge is 0.463 e. The van der Waals surface area contributed by atoms with Gasteiger partial charge >= 0.3 is 12.1 Å². The summed E-state index contributed by atoms with van der Waals surface area (Å²) in [4.78, 5) is 11.4. The quantitative estimate of drug-likeness (QED) is 0.864. The number of methoxy groups -OCH3 is 1. The third kappa shape index (κ3) is 3.27. The van der Waals surface area contributed by atoms with E-state index in [1.54, 1.807) is 6.92 Å². The molecule has 1 aliphatic heterocycles.